The summed E-state index contributed by atoms with van der Waals surface area (Å²) in [7, 11) is 0. The minimum absolute atomic E-state index is 0.0656. The van der Waals surface area contributed by atoms with Crippen LogP contribution < -0.4 is 4.90 Å². The van der Waals surface area contributed by atoms with E-state index in [1.807, 2.05) is 66.7 Å². The molecule has 0 radical (unpaired) electrons. The van der Waals surface area contributed by atoms with Crippen molar-refractivity contribution >= 4 is 62.5 Å². The molecule has 160 valence electrons. The molecular weight excluding hydrogens is 428 g/mol. The van der Waals surface area contributed by atoms with Gasteiger partial charge in [-0.3, -0.25) is 19.4 Å². The van der Waals surface area contributed by atoms with E-state index in [2.05, 4.69) is 12.6 Å². The van der Waals surface area contributed by atoms with Crippen molar-refractivity contribution in [1.82, 2.24) is 4.90 Å². The van der Waals surface area contributed by atoms with E-state index in [0.29, 0.717) is 5.69 Å². The van der Waals surface area contributed by atoms with Gasteiger partial charge in [0.2, 0.25) is 0 Å². The lowest BCUT2D eigenvalue weighted by Gasteiger charge is -2.36. The Balaban J connectivity index is 1.77. The Hall–Kier alpha value is -4.09. The lowest BCUT2D eigenvalue weighted by molar-refractivity contribution is -0.127. The van der Waals surface area contributed by atoms with Crippen molar-refractivity contribution in [3.8, 4) is 0 Å². The van der Waals surface area contributed by atoms with Crippen LogP contribution in [-0.2, 0) is 9.59 Å². The van der Waals surface area contributed by atoms with Crippen molar-refractivity contribution in [3.05, 3.63) is 109 Å². The van der Waals surface area contributed by atoms with Gasteiger partial charge in [0.1, 0.15) is 5.57 Å². The summed E-state index contributed by atoms with van der Waals surface area (Å²) >= 11 is 5.56. The average molecular weight is 449 g/mol. The molecule has 0 N–H and O–H groups in total. The highest BCUT2D eigenvalue weighted by atomic mass is 32.1. The zero-order valence-electron chi connectivity index (χ0n) is 17.8. The number of fused-ring (bicyclic) bond motifs is 2. The third kappa shape index (κ3) is 3.52. The number of anilines is 1. The number of rotatable bonds is 4. The van der Waals surface area contributed by atoms with E-state index < -0.39 is 11.8 Å². The Labute approximate surface area is 197 Å². The van der Waals surface area contributed by atoms with Crippen LogP contribution in [0.3, 0.4) is 0 Å². The number of carbonyl (C=O) groups is 2. The van der Waals surface area contributed by atoms with Gasteiger partial charge in [-0.15, -0.1) is 6.58 Å². The molecule has 33 heavy (non-hydrogen) atoms. The number of amides is 2. The first-order valence-electron chi connectivity index (χ1n) is 10.6. The van der Waals surface area contributed by atoms with E-state index in [1.54, 1.807) is 24.3 Å². The summed E-state index contributed by atoms with van der Waals surface area (Å²) in [5.41, 5.74) is 1.51. The van der Waals surface area contributed by atoms with Gasteiger partial charge in [-0.1, -0.05) is 72.8 Å². The molecule has 0 aromatic heterocycles. The van der Waals surface area contributed by atoms with Crippen LogP contribution in [0.15, 0.2) is 103 Å². The Morgan fingerprint density at radius 3 is 1.97 bits per heavy atom. The maximum absolute atomic E-state index is 13.7. The molecule has 1 heterocycles. The van der Waals surface area contributed by atoms with Gasteiger partial charge in [0.05, 0.1) is 5.69 Å². The minimum atomic E-state index is -0.437. The molecule has 1 fully saturated rings. The number of thiocarbonyl (C=S) groups is 1. The maximum Gasteiger partial charge on any atom is 0.270 e. The van der Waals surface area contributed by atoms with Crippen LogP contribution >= 0.6 is 12.2 Å². The zero-order chi connectivity index (χ0) is 22.9. The molecule has 5 rings (SSSR count). The van der Waals surface area contributed by atoms with Gasteiger partial charge in [-0.05, 0) is 63.6 Å². The molecule has 4 aromatic rings. The van der Waals surface area contributed by atoms with Crippen LogP contribution in [0.1, 0.15) is 5.56 Å². The maximum atomic E-state index is 13.7. The van der Waals surface area contributed by atoms with E-state index >= 15 is 0 Å². The molecule has 2 amide bonds. The van der Waals surface area contributed by atoms with Crippen LogP contribution in [-0.4, -0.2) is 28.4 Å². The normalized spacial score (nSPS) is 15.6. The van der Waals surface area contributed by atoms with Gasteiger partial charge >= 0.3 is 0 Å². The fourth-order valence-electron chi connectivity index (χ4n) is 4.22. The third-order valence-electron chi connectivity index (χ3n) is 5.76. The molecule has 5 heteroatoms. The van der Waals surface area contributed by atoms with Crippen molar-refractivity contribution in [2.24, 2.45) is 0 Å². The first-order valence-corrected chi connectivity index (χ1v) is 11.0. The molecule has 0 aliphatic carbocycles. The first kappa shape index (κ1) is 20.8. The van der Waals surface area contributed by atoms with Crippen LogP contribution in [0.5, 0.6) is 0 Å². The molecule has 1 aliphatic heterocycles. The van der Waals surface area contributed by atoms with E-state index in [9.17, 15) is 9.59 Å². The molecule has 0 saturated carbocycles. The second-order valence-corrected chi connectivity index (χ2v) is 8.12. The topological polar surface area (TPSA) is 40.6 Å². The highest BCUT2D eigenvalue weighted by molar-refractivity contribution is 7.80. The van der Waals surface area contributed by atoms with Gasteiger partial charge in [-0.2, -0.15) is 0 Å². The number of para-hydroxylation sites is 1. The summed E-state index contributed by atoms with van der Waals surface area (Å²) in [6.45, 7) is 3.97. The highest BCUT2D eigenvalue weighted by Crippen LogP contribution is 2.32. The van der Waals surface area contributed by atoms with Crippen molar-refractivity contribution < 1.29 is 9.59 Å². The molecule has 0 spiro atoms. The van der Waals surface area contributed by atoms with Crippen molar-refractivity contribution in [1.29, 1.82) is 0 Å². The van der Waals surface area contributed by atoms with Gasteiger partial charge in [0.25, 0.3) is 11.8 Å². The quantitative estimate of drug-likeness (QED) is 0.132. The van der Waals surface area contributed by atoms with E-state index in [0.717, 1.165) is 27.1 Å². The summed E-state index contributed by atoms with van der Waals surface area (Å²) in [4.78, 5) is 30.0. The lowest BCUT2D eigenvalue weighted by Crippen LogP contribution is -2.56. The molecule has 4 nitrogen and oxygen atoms in total. The predicted octanol–water partition coefficient (Wildman–Crippen LogP) is 5.72. The highest BCUT2D eigenvalue weighted by Gasteiger charge is 2.39. The summed E-state index contributed by atoms with van der Waals surface area (Å²) in [5.74, 6) is -0.859. The van der Waals surface area contributed by atoms with Crippen LogP contribution in [0.2, 0.25) is 0 Å². The Morgan fingerprint density at radius 2 is 1.36 bits per heavy atom. The van der Waals surface area contributed by atoms with E-state index in [4.69, 9.17) is 12.2 Å². The fraction of sp³-hybridized carbons (Fsp3) is 0.0357. The molecule has 0 unspecified atom stereocenters. The van der Waals surface area contributed by atoms with E-state index in [1.165, 1.54) is 9.80 Å². The molecule has 1 aliphatic rings. The number of nitrogens with zero attached hydrogens (tertiary/aromatic N) is 2. The number of hydrogen-bond acceptors (Lipinski definition) is 3. The molecule has 0 atom stereocenters. The second kappa shape index (κ2) is 8.45. The van der Waals surface area contributed by atoms with Crippen LogP contribution in [0, 0.1) is 0 Å². The predicted molar refractivity (Wildman–Crippen MR) is 138 cm³/mol. The largest absolute Gasteiger partial charge is 0.280 e. The number of carbonyl (C=O) groups excluding carboxylic acids is 2. The Kier molecular flexibility index (Phi) is 5.32. The van der Waals surface area contributed by atoms with Gasteiger partial charge in [0.15, 0.2) is 5.11 Å². The molecular formula is C28H20N2O2S. The zero-order valence-corrected chi connectivity index (χ0v) is 18.6. The Morgan fingerprint density at radius 1 is 0.788 bits per heavy atom. The number of benzene rings is 4. The summed E-state index contributed by atoms with van der Waals surface area (Å²) in [6, 6.07) is 27.2. The fourth-order valence-corrected chi connectivity index (χ4v) is 4.56. The van der Waals surface area contributed by atoms with Gasteiger partial charge in [0, 0.05) is 6.54 Å². The lowest BCUT2D eigenvalue weighted by atomic mass is 9.94. The minimum Gasteiger partial charge on any atom is -0.280 e. The van der Waals surface area contributed by atoms with Gasteiger partial charge in [-0.25, -0.2) is 0 Å². The Bertz CT molecular complexity index is 1420. The van der Waals surface area contributed by atoms with Crippen molar-refractivity contribution in [2.45, 2.75) is 0 Å². The SMILES string of the molecule is C=CCN1C(=O)/C(=C\c2c3ccccc3cc3ccccc23)C(=O)N(c2ccccc2)C1=S. The smallest absolute Gasteiger partial charge is 0.270 e. The average Bonchev–Trinajstić information content (AvgIpc) is 2.84. The van der Waals surface area contributed by atoms with Crippen molar-refractivity contribution in [3.63, 3.8) is 0 Å². The summed E-state index contributed by atoms with van der Waals surface area (Å²) < 4.78 is 0. The van der Waals surface area contributed by atoms with Crippen molar-refractivity contribution in [2.75, 3.05) is 11.4 Å². The van der Waals surface area contributed by atoms with E-state index in [-0.39, 0.29) is 17.2 Å². The monoisotopic (exact) mass is 448 g/mol. The van der Waals surface area contributed by atoms with Crippen LogP contribution in [0.4, 0.5) is 5.69 Å². The van der Waals surface area contributed by atoms with Gasteiger partial charge < -0.3 is 0 Å². The standard InChI is InChI=1S/C28H20N2O2S/c1-2-16-29-26(31)25(27(32)30(28(29)33)21-12-4-3-5-13-21)18-24-22-14-8-6-10-19(22)17-20-11-7-9-15-23(20)24/h2-15,17-18H,1,16H2/b25-18+. The molecule has 1 saturated heterocycles. The third-order valence-corrected chi connectivity index (χ3v) is 6.16. The molecule has 4 aromatic carbocycles. The summed E-state index contributed by atoms with van der Waals surface area (Å²) in [5, 5.41) is 4.17. The first-order chi connectivity index (χ1) is 16.1. The molecule has 0 bridgehead atoms. The number of hydrogen-bond donors (Lipinski definition) is 0. The second-order valence-electron chi connectivity index (χ2n) is 7.75. The summed E-state index contributed by atoms with van der Waals surface area (Å²) in [6.07, 6.45) is 3.32. The van der Waals surface area contributed by atoms with Crippen LogP contribution in [0.25, 0.3) is 27.6 Å².